The number of rotatable bonds is 9. The molecule has 0 amide bonds. The molecular formula is C9H16NNaO6S2. The summed E-state index contributed by atoms with van der Waals surface area (Å²) in [6, 6.07) is 0. The van der Waals surface area contributed by atoms with Crippen molar-refractivity contribution in [1.29, 1.82) is 0 Å². The molecule has 2 N–H and O–H groups in total. The van der Waals surface area contributed by atoms with Gasteiger partial charge in [-0.15, -0.1) is 0 Å². The van der Waals surface area contributed by atoms with Crippen molar-refractivity contribution in [3.8, 4) is 0 Å². The van der Waals surface area contributed by atoms with Gasteiger partial charge < -0.3 is 19.7 Å². The number of carbonyl (C=O) groups is 1. The van der Waals surface area contributed by atoms with E-state index in [1.165, 1.54) is 6.92 Å². The molecule has 0 aliphatic rings. The molecule has 0 aliphatic carbocycles. The number of carbonyl (C=O) groups excluding carboxylic acids is 1. The first-order valence-electron chi connectivity index (χ1n) is 5.04. The summed E-state index contributed by atoms with van der Waals surface area (Å²) in [6.07, 6.45) is -0.895. The molecular weight excluding hydrogens is 305 g/mol. The van der Waals surface area contributed by atoms with Crippen molar-refractivity contribution in [2.45, 2.75) is 13.0 Å². The molecule has 2 unspecified atom stereocenters. The van der Waals surface area contributed by atoms with Crippen LogP contribution in [0, 0.1) is 0 Å². The molecule has 19 heavy (non-hydrogen) atoms. The molecule has 7 nitrogen and oxygen atoms in total. The topological polar surface area (TPSA) is 108 Å². The van der Waals surface area contributed by atoms with E-state index in [-0.39, 0.29) is 61.4 Å². The molecule has 0 spiro atoms. The Morgan fingerprint density at radius 1 is 1.63 bits per heavy atom. The van der Waals surface area contributed by atoms with Gasteiger partial charge in [0.2, 0.25) is 0 Å². The van der Waals surface area contributed by atoms with Crippen molar-refractivity contribution in [3.05, 3.63) is 12.2 Å². The average molecular weight is 321 g/mol. The number of aliphatic hydroxyl groups is 1. The maximum absolute atomic E-state index is 11.0. The van der Waals surface area contributed by atoms with Crippen LogP contribution in [0.2, 0.25) is 0 Å². The zero-order valence-corrected chi connectivity index (χ0v) is 14.6. The van der Waals surface area contributed by atoms with E-state index in [4.69, 9.17) is 4.74 Å². The van der Waals surface area contributed by atoms with Crippen LogP contribution in [0.25, 0.3) is 0 Å². The van der Waals surface area contributed by atoms with Crippen LogP contribution in [0.15, 0.2) is 12.2 Å². The molecule has 0 rings (SSSR count). The third-order valence-corrected chi connectivity index (χ3v) is 2.39. The standard InChI is InChI=1S/C9H17NO6S2.Na/c1-7(2)9(12)15-6-8(11)5-10-3-4-16-18(13,14)17;/h8,10-11H,1,3-6H2,2H3,(H,13,14,17);/q;+1/p-1. The van der Waals surface area contributed by atoms with Crippen molar-refractivity contribution < 1.29 is 57.1 Å². The van der Waals surface area contributed by atoms with Gasteiger partial charge >= 0.3 is 35.5 Å². The maximum Gasteiger partial charge on any atom is 1.00 e. The van der Waals surface area contributed by atoms with Crippen LogP contribution >= 0.6 is 0 Å². The van der Waals surface area contributed by atoms with Gasteiger partial charge in [-0.1, -0.05) is 6.58 Å². The van der Waals surface area contributed by atoms with Crippen LogP contribution in [0.5, 0.6) is 0 Å². The Hall–Kier alpha value is 0.420. The fourth-order valence-corrected chi connectivity index (χ4v) is 1.33. The average Bonchev–Trinajstić information content (AvgIpc) is 2.23. The van der Waals surface area contributed by atoms with Gasteiger partial charge in [-0.2, -0.15) is 0 Å². The number of aliphatic hydroxyl groups excluding tert-OH is 1. The van der Waals surface area contributed by atoms with Gasteiger partial charge in [0.05, 0.1) is 15.7 Å². The fourth-order valence-electron chi connectivity index (χ4n) is 0.839. The first-order chi connectivity index (χ1) is 8.22. The third-order valence-electron chi connectivity index (χ3n) is 1.64. The molecule has 0 aromatic rings. The summed E-state index contributed by atoms with van der Waals surface area (Å²) in [4.78, 5) is 11.0. The summed E-state index contributed by atoms with van der Waals surface area (Å²) >= 11 is 3.99. The third kappa shape index (κ3) is 14.6. The minimum Gasteiger partial charge on any atom is -0.748 e. The van der Waals surface area contributed by atoms with Gasteiger partial charge in [-0.05, 0) is 18.1 Å². The predicted molar refractivity (Wildman–Crippen MR) is 66.9 cm³/mol. The van der Waals surface area contributed by atoms with Crippen LogP contribution in [0.4, 0.5) is 0 Å². The second kappa shape index (κ2) is 11.1. The monoisotopic (exact) mass is 321 g/mol. The Labute approximate surface area is 139 Å². The smallest absolute Gasteiger partial charge is 0.748 e. The molecule has 0 heterocycles. The van der Waals surface area contributed by atoms with Gasteiger partial charge in [0.15, 0.2) is 0 Å². The number of hydrogen-bond acceptors (Lipinski definition) is 8. The second-order valence-electron chi connectivity index (χ2n) is 3.47. The van der Waals surface area contributed by atoms with E-state index in [9.17, 15) is 18.7 Å². The van der Waals surface area contributed by atoms with E-state index in [0.717, 1.165) is 0 Å². The zero-order chi connectivity index (χ0) is 14.2. The molecule has 0 bridgehead atoms. The zero-order valence-electron chi connectivity index (χ0n) is 10.9. The summed E-state index contributed by atoms with van der Waals surface area (Å²) in [5.41, 5.74) is 0.249. The van der Waals surface area contributed by atoms with E-state index in [1.54, 1.807) is 0 Å². The normalized spacial score (nSPS) is 14.9. The molecule has 0 fully saturated rings. The summed E-state index contributed by atoms with van der Waals surface area (Å²) in [5, 5.41) is 12.1. The SMILES string of the molecule is C=C(C)C(=O)OCC(O)CNCCOS(=O)([O-])=S.[Na+]. The number of nitrogens with one attached hydrogen (secondary N) is 1. The molecule has 0 aliphatic heterocycles. The van der Waals surface area contributed by atoms with Crippen molar-refractivity contribution in [2.24, 2.45) is 0 Å². The summed E-state index contributed by atoms with van der Waals surface area (Å²) in [7, 11) is -3.85. The fraction of sp³-hybridized carbons (Fsp3) is 0.667. The van der Waals surface area contributed by atoms with Crippen LogP contribution in [-0.2, 0) is 34.0 Å². The van der Waals surface area contributed by atoms with Crippen LogP contribution in [0.3, 0.4) is 0 Å². The van der Waals surface area contributed by atoms with Crippen LogP contribution < -0.4 is 34.9 Å². The minimum atomic E-state index is -3.85. The molecule has 0 aromatic heterocycles. The van der Waals surface area contributed by atoms with Crippen molar-refractivity contribution in [2.75, 3.05) is 26.3 Å². The van der Waals surface area contributed by atoms with Crippen molar-refractivity contribution in [1.82, 2.24) is 5.32 Å². The molecule has 10 heteroatoms. The Bertz CT molecular complexity index is 386. The van der Waals surface area contributed by atoms with E-state index < -0.39 is 21.1 Å². The van der Waals surface area contributed by atoms with Crippen LogP contribution in [-0.4, -0.2) is 52.2 Å². The maximum atomic E-state index is 11.0. The molecule has 2 atom stereocenters. The largest absolute Gasteiger partial charge is 1.00 e. The molecule has 0 aromatic carbocycles. The summed E-state index contributed by atoms with van der Waals surface area (Å²) in [5.74, 6) is -0.574. The summed E-state index contributed by atoms with van der Waals surface area (Å²) < 4.78 is 29.8. The van der Waals surface area contributed by atoms with Gasteiger partial charge in [-0.25, -0.2) is 9.00 Å². The van der Waals surface area contributed by atoms with Crippen molar-refractivity contribution >= 4 is 26.2 Å². The molecule has 106 valence electrons. The first-order valence-corrected chi connectivity index (χ1v) is 7.37. The first kappa shape index (κ1) is 21.7. The second-order valence-corrected chi connectivity index (χ2v) is 5.74. The van der Waals surface area contributed by atoms with Gasteiger partial charge in [-0.3, -0.25) is 4.18 Å². The summed E-state index contributed by atoms with van der Waals surface area (Å²) in [6.45, 7) is 4.92. The van der Waals surface area contributed by atoms with Crippen LogP contribution in [0.1, 0.15) is 6.92 Å². The van der Waals surface area contributed by atoms with E-state index >= 15 is 0 Å². The van der Waals surface area contributed by atoms with E-state index in [2.05, 4.69) is 27.3 Å². The van der Waals surface area contributed by atoms with Gasteiger partial charge in [0.1, 0.15) is 12.7 Å². The van der Waals surface area contributed by atoms with Gasteiger partial charge in [0, 0.05) is 18.7 Å². The Kier molecular flexibility index (Phi) is 12.7. The Morgan fingerprint density at radius 3 is 2.68 bits per heavy atom. The molecule has 0 saturated heterocycles. The Morgan fingerprint density at radius 2 is 2.21 bits per heavy atom. The number of hydrogen-bond donors (Lipinski definition) is 2. The van der Waals surface area contributed by atoms with E-state index in [0.29, 0.717) is 0 Å². The number of ether oxygens (including phenoxy) is 1. The molecule has 0 saturated carbocycles. The quantitative estimate of drug-likeness (QED) is 0.191. The van der Waals surface area contributed by atoms with Gasteiger partial charge in [0.25, 0.3) is 0 Å². The number of esters is 1. The predicted octanol–water partition coefficient (Wildman–Crippen LogP) is -4.13. The molecule has 0 radical (unpaired) electrons. The van der Waals surface area contributed by atoms with E-state index in [1.807, 2.05) is 0 Å². The van der Waals surface area contributed by atoms with Crippen molar-refractivity contribution in [3.63, 3.8) is 0 Å². The minimum absolute atomic E-state index is 0. The Balaban J connectivity index is 0.